The van der Waals surface area contributed by atoms with E-state index in [4.69, 9.17) is 0 Å². The third-order valence-electron chi connectivity index (χ3n) is 3.21. The van der Waals surface area contributed by atoms with Crippen LogP contribution >= 0.6 is 0 Å². The number of amides is 2. The van der Waals surface area contributed by atoms with Crippen LogP contribution in [-0.2, 0) is 4.79 Å². The Morgan fingerprint density at radius 2 is 2.15 bits per heavy atom. The topological polar surface area (TPSA) is 70.2 Å². The molecule has 0 aliphatic carbocycles. The second-order valence-electron chi connectivity index (χ2n) is 5.36. The zero-order chi connectivity index (χ0) is 14.5. The molecule has 2 rings (SSSR count). The average molecular weight is 275 g/mol. The molecule has 108 valence electrons. The number of hydrogen-bond donors (Lipinski definition) is 3. The normalized spacial score (nSPS) is 17.9. The predicted molar refractivity (Wildman–Crippen MR) is 78.7 cm³/mol. The highest BCUT2D eigenvalue weighted by atomic mass is 16.2. The van der Waals surface area contributed by atoms with Crippen LogP contribution < -0.4 is 16.0 Å². The Kier molecular flexibility index (Phi) is 4.61. The smallest absolute Gasteiger partial charge is 0.253 e. The van der Waals surface area contributed by atoms with Gasteiger partial charge < -0.3 is 16.0 Å². The Morgan fingerprint density at radius 1 is 1.40 bits per heavy atom. The van der Waals surface area contributed by atoms with Gasteiger partial charge >= 0.3 is 0 Å². The molecule has 2 amide bonds. The number of para-hydroxylation sites is 1. The summed E-state index contributed by atoms with van der Waals surface area (Å²) in [5.74, 6) is -0.0546. The number of nitrogens with one attached hydrogen (secondary N) is 3. The van der Waals surface area contributed by atoms with Gasteiger partial charge in [0.15, 0.2) is 0 Å². The molecule has 0 saturated carbocycles. The first-order valence-electron chi connectivity index (χ1n) is 6.99. The second kappa shape index (κ2) is 6.41. The Balaban J connectivity index is 1.96. The van der Waals surface area contributed by atoms with Crippen molar-refractivity contribution in [2.24, 2.45) is 0 Å². The quantitative estimate of drug-likeness (QED) is 0.763. The first kappa shape index (κ1) is 14.4. The van der Waals surface area contributed by atoms with Gasteiger partial charge in [-0.15, -0.1) is 0 Å². The summed E-state index contributed by atoms with van der Waals surface area (Å²) in [7, 11) is 0. The molecule has 1 aromatic rings. The van der Waals surface area contributed by atoms with Crippen LogP contribution in [0, 0.1) is 0 Å². The van der Waals surface area contributed by atoms with Crippen LogP contribution in [0.2, 0.25) is 0 Å². The summed E-state index contributed by atoms with van der Waals surface area (Å²) < 4.78 is 0. The second-order valence-corrected chi connectivity index (χ2v) is 5.36. The van der Waals surface area contributed by atoms with Crippen molar-refractivity contribution in [1.82, 2.24) is 10.6 Å². The molecule has 5 heteroatoms. The van der Waals surface area contributed by atoms with E-state index in [1.165, 1.54) is 0 Å². The molecule has 1 atom stereocenters. The fraction of sp³-hybridized carbons (Fsp3) is 0.467. The molecular weight excluding hydrogens is 254 g/mol. The zero-order valence-corrected chi connectivity index (χ0v) is 11.9. The molecule has 5 nitrogen and oxygen atoms in total. The molecule has 3 N–H and O–H groups in total. The molecule has 0 bridgehead atoms. The van der Waals surface area contributed by atoms with E-state index in [9.17, 15) is 9.59 Å². The van der Waals surface area contributed by atoms with Crippen molar-refractivity contribution in [1.29, 1.82) is 0 Å². The molecule has 0 radical (unpaired) electrons. The summed E-state index contributed by atoms with van der Waals surface area (Å²) in [6.07, 6.45) is 1.33. The highest BCUT2D eigenvalue weighted by Crippen LogP contribution is 2.16. The standard InChI is InChI=1S/C15H21N3O2/c1-10(2)17-13-6-4-3-5-12(13)15(20)16-9-11-7-8-14(19)18-11/h3-6,10-11,17H,7-9H2,1-2H3,(H,16,20)(H,18,19). The molecule has 1 saturated heterocycles. The van der Waals surface area contributed by atoms with Gasteiger partial charge in [0, 0.05) is 30.7 Å². The summed E-state index contributed by atoms with van der Waals surface area (Å²) >= 11 is 0. The SMILES string of the molecule is CC(C)Nc1ccccc1C(=O)NCC1CCC(=O)N1. The molecular formula is C15H21N3O2. The lowest BCUT2D eigenvalue weighted by atomic mass is 10.1. The molecule has 1 heterocycles. The number of anilines is 1. The van der Waals surface area contributed by atoms with Gasteiger partial charge in [-0.1, -0.05) is 12.1 Å². The van der Waals surface area contributed by atoms with Crippen LogP contribution in [0.1, 0.15) is 37.0 Å². The molecule has 1 aromatic carbocycles. The highest BCUT2D eigenvalue weighted by Gasteiger charge is 2.21. The van der Waals surface area contributed by atoms with Gasteiger partial charge in [-0.05, 0) is 32.4 Å². The lowest BCUT2D eigenvalue weighted by Crippen LogP contribution is -2.38. The Bertz CT molecular complexity index is 500. The van der Waals surface area contributed by atoms with Gasteiger partial charge in [0.1, 0.15) is 0 Å². The van der Waals surface area contributed by atoms with E-state index in [0.29, 0.717) is 18.5 Å². The van der Waals surface area contributed by atoms with E-state index in [1.54, 1.807) is 6.07 Å². The van der Waals surface area contributed by atoms with E-state index in [2.05, 4.69) is 16.0 Å². The van der Waals surface area contributed by atoms with Crippen LogP contribution in [0.4, 0.5) is 5.69 Å². The van der Waals surface area contributed by atoms with Crippen molar-refractivity contribution >= 4 is 17.5 Å². The number of carbonyl (C=O) groups excluding carboxylic acids is 2. The monoisotopic (exact) mass is 275 g/mol. The first-order valence-corrected chi connectivity index (χ1v) is 6.99. The van der Waals surface area contributed by atoms with Crippen molar-refractivity contribution in [3.63, 3.8) is 0 Å². The molecule has 0 spiro atoms. The number of benzene rings is 1. The molecule has 1 aliphatic heterocycles. The Labute approximate surface area is 119 Å². The molecule has 1 aliphatic rings. The maximum absolute atomic E-state index is 12.2. The maximum Gasteiger partial charge on any atom is 0.253 e. The minimum Gasteiger partial charge on any atom is -0.382 e. The molecule has 1 unspecified atom stereocenters. The Morgan fingerprint density at radius 3 is 2.80 bits per heavy atom. The van der Waals surface area contributed by atoms with Gasteiger partial charge in [-0.25, -0.2) is 0 Å². The van der Waals surface area contributed by atoms with Gasteiger partial charge in [-0.2, -0.15) is 0 Å². The highest BCUT2D eigenvalue weighted by molar-refractivity contribution is 5.99. The van der Waals surface area contributed by atoms with Crippen molar-refractivity contribution in [3.8, 4) is 0 Å². The van der Waals surface area contributed by atoms with Crippen molar-refractivity contribution in [3.05, 3.63) is 29.8 Å². The van der Waals surface area contributed by atoms with Crippen molar-refractivity contribution in [2.75, 3.05) is 11.9 Å². The van der Waals surface area contributed by atoms with Gasteiger partial charge in [0.2, 0.25) is 5.91 Å². The molecule has 0 aromatic heterocycles. The minimum atomic E-state index is -0.116. The maximum atomic E-state index is 12.2. The largest absolute Gasteiger partial charge is 0.382 e. The fourth-order valence-electron chi connectivity index (χ4n) is 2.26. The van der Waals surface area contributed by atoms with Crippen LogP contribution in [0.5, 0.6) is 0 Å². The third-order valence-corrected chi connectivity index (χ3v) is 3.21. The summed E-state index contributed by atoms with van der Waals surface area (Å²) in [5, 5.41) is 8.98. The fourth-order valence-corrected chi connectivity index (χ4v) is 2.26. The lowest BCUT2D eigenvalue weighted by Gasteiger charge is -2.16. The van der Waals surface area contributed by atoms with E-state index in [0.717, 1.165) is 12.1 Å². The first-order chi connectivity index (χ1) is 9.56. The Hall–Kier alpha value is -2.04. The summed E-state index contributed by atoms with van der Waals surface area (Å²) in [4.78, 5) is 23.3. The van der Waals surface area contributed by atoms with Gasteiger partial charge in [0.05, 0.1) is 5.56 Å². The van der Waals surface area contributed by atoms with Crippen molar-refractivity contribution in [2.45, 2.75) is 38.8 Å². The number of hydrogen-bond acceptors (Lipinski definition) is 3. The van der Waals surface area contributed by atoms with E-state index >= 15 is 0 Å². The van der Waals surface area contributed by atoms with E-state index in [-0.39, 0.29) is 23.9 Å². The van der Waals surface area contributed by atoms with E-state index in [1.807, 2.05) is 32.0 Å². The summed E-state index contributed by atoms with van der Waals surface area (Å²) in [6.45, 7) is 4.53. The molecule has 1 fully saturated rings. The molecule has 20 heavy (non-hydrogen) atoms. The summed E-state index contributed by atoms with van der Waals surface area (Å²) in [5.41, 5.74) is 1.46. The van der Waals surface area contributed by atoms with Gasteiger partial charge in [0.25, 0.3) is 5.91 Å². The van der Waals surface area contributed by atoms with Crippen molar-refractivity contribution < 1.29 is 9.59 Å². The lowest BCUT2D eigenvalue weighted by molar-refractivity contribution is -0.119. The van der Waals surface area contributed by atoms with Gasteiger partial charge in [-0.3, -0.25) is 9.59 Å². The van der Waals surface area contributed by atoms with E-state index < -0.39 is 0 Å². The predicted octanol–water partition coefficient (Wildman–Crippen LogP) is 1.52. The third kappa shape index (κ3) is 3.73. The number of rotatable bonds is 5. The van der Waals surface area contributed by atoms with Crippen LogP contribution in [0.3, 0.4) is 0 Å². The average Bonchev–Trinajstić information content (AvgIpc) is 2.82. The van der Waals surface area contributed by atoms with Crippen LogP contribution in [0.15, 0.2) is 24.3 Å². The number of carbonyl (C=O) groups is 2. The zero-order valence-electron chi connectivity index (χ0n) is 11.9. The van der Waals surface area contributed by atoms with Crippen LogP contribution in [-0.4, -0.2) is 30.4 Å². The summed E-state index contributed by atoms with van der Waals surface area (Å²) in [6, 6.07) is 7.76. The minimum absolute atomic E-state index is 0.0525. The van der Waals surface area contributed by atoms with Crippen LogP contribution in [0.25, 0.3) is 0 Å².